The number of hydrogen-bond donors (Lipinski definition) is 3. The molecule has 0 spiro atoms. The molecule has 0 radical (unpaired) electrons. The van der Waals surface area contributed by atoms with Crippen LogP contribution in [-0.2, 0) is 4.79 Å². The molecule has 6 nitrogen and oxygen atoms in total. The van der Waals surface area contributed by atoms with Crippen molar-refractivity contribution in [2.24, 2.45) is 5.10 Å². The fourth-order valence-electron chi connectivity index (χ4n) is 2.62. The van der Waals surface area contributed by atoms with Gasteiger partial charge in [0.2, 0.25) is 0 Å². The minimum atomic E-state index is -0.305. The number of hydrazone groups is 1. The molecular weight excluding hydrogens is 410 g/mol. The number of phenols is 1. The molecule has 3 aromatic rings. The average molecular weight is 428 g/mol. The van der Waals surface area contributed by atoms with Gasteiger partial charge in [0.1, 0.15) is 0 Å². The summed E-state index contributed by atoms with van der Waals surface area (Å²) in [5.74, 6) is -0.0389. The van der Waals surface area contributed by atoms with Crippen molar-refractivity contribution >= 4 is 44.5 Å². The molecule has 3 aromatic carbocycles. The SMILES string of the molecule is COc1cc(Br)cc(/C=N/NC(=O)CNc2cccc3ccccc23)c1O. The number of methoxy groups -OCH3 is 1. The van der Waals surface area contributed by atoms with Crippen molar-refractivity contribution in [3.63, 3.8) is 0 Å². The Morgan fingerprint density at radius 2 is 2.00 bits per heavy atom. The molecule has 0 bridgehead atoms. The fourth-order valence-corrected chi connectivity index (χ4v) is 3.07. The number of benzene rings is 3. The van der Waals surface area contributed by atoms with Crippen molar-refractivity contribution in [3.05, 3.63) is 64.6 Å². The van der Waals surface area contributed by atoms with Gasteiger partial charge in [-0.25, -0.2) is 5.43 Å². The van der Waals surface area contributed by atoms with Crippen LogP contribution in [0.15, 0.2) is 64.2 Å². The van der Waals surface area contributed by atoms with Crippen LogP contribution < -0.4 is 15.5 Å². The molecule has 0 atom stereocenters. The number of carbonyl (C=O) groups is 1. The first-order valence-electron chi connectivity index (χ1n) is 8.18. The van der Waals surface area contributed by atoms with E-state index in [0.29, 0.717) is 11.3 Å². The zero-order valence-electron chi connectivity index (χ0n) is 14.6. The molecule has 0 aliphatic carbocycles. The highest BCUT2D eigenvalue weighted by molar-refractivity contribution is 9.10. The summed E-state index contributed by atoms with van der Waals surface area (Å²) in [6, 6.07) is 17.1. The van der Waals surface area contributed by atoms with Crippen LogP contribution in [0.1, 0.15) is 5.56 Å². The normalized spacial score (nSPS) is 10.9. The van der Waals surface area contributed by atoms with Crippen molar-refractivity contribution < 1.29 is 14.6 Å². The highest BCUT2D eigenvalue weighted by Gasteiger charge is 2.08. The third-order valence-corrected chi connectivity index (χ3v) is 4.37. The lowest BCUT2D eigenvalue weighted by atomic mass is 10.1. The molecule has 0 fully saturated rings. The third-order valence-electron chi connectivity index (χ3n) is 3.91. The molecule has 27 heavy (non-hydrogen) atoms. The van der Waals surface area contributed by atoms with Gasteiger partial charge in [-0.15, -0.1) is 0 Å². The molecule has 0 saturated heterocycles. The number of nitrogens with one attached hydrogen (secondary N) is 2. The van der Waals surface area contributed by atoms with E-state index in [-0.39, 0.29) is 18.2 Å². The van der Waals surface area contributed by atoms with Crippen molar-refractivity contribution in [1.82, 2.24) is 5.43 Å². The van der Waals surface area contributed by atoms with Crippen LogP contribution in [0.25, 0.3) is 10.8 Å². The molecule has 0 unspecified atom stereocenters. The van der Waals surface area contributed by atoms with Gasteiger partial charge < -0.3 is 15.2 Å². The molecule has 0 saturated carbocycles. The van der Waals surface area contributed by atoms with Crippen LogP contribution in [0.3, 0.4) is 0 Å². The number of fused-ring (bicyclic) bond motifs is 1. The maximum absolute atomic E-state index is 12.0. The number of ether oxygens (including phenoxy) is 1. The number of phenolic OH excluding ortho intramolecular Hbond substituents is 1. The standard InChI is InChI=1S/C20H18BrN3O3/c1-27-18-10-15(21)9-14(20(18)26)11-23-24-19(25)12-22-17-8-4-6-13-5-2-3-7-16(13)17/h2-11,22,26H,12H2,1H3,(H,24,25)/b23-11+. The summed E-state index contributed by atoms with van der Waals surface area (Å²) in [4.78, 5) is 12.0. The summed E-state index contributed by atoms with van der Waals surface area (Å²) in [5, 5.41) is 19.2. The second-order valence-electron chi connectivity index (χ2n) is 5.72. The van der Waals surface area contributed by atoms with Crippen molar-refractivity contribution in [2.75, 3.05) is 19.0 Å². The van der Waals surface area contributed by atoms with Crippen molar-refractivity contribution in [2.45, 2.75) is 0 Å². The lowest BCUT2D eigenvalue weighted by Crippen LogP contribution is -2.25. The molecular formula is C20H18BrN3O3. The number of rotatable bonds is 6. The van der Waals surface area contributed by atoms with E-state index in [4.69, 9.17) is 4.74 Å². The topological polar surface area (TPSA) is 83.0 Å². The van der Waals surface area contributed by atoms with Gasteiger partial charge in [0.15, 0.2) is 11.5 Å². The molecule has 3 rings (SSSR count). The zero-order valence-corrected chi connectivity index (χ0v) is 16.2. The molecule has 0 aliphatic rings. The largest absolute Gasteiger partial charge is 0.504 e. The third kappa shape index (κ3) is 4.57. The predicted molar refractivity (Wildman–Crippen MR) is 111 cm³/mol. The molecule has 0 aliphatic heterocycles. The van der Waals surface area contributed by atoms with Gasteiger partial charge in [0.25, 0.3) is 5.91 Å². The second-order valence-corrected chi connectivity index (χ2v) is 6.63. The van der Waals surface area contributed by atoms with Crippen LogP contribution >= 0.6 is 15.9 Å². The van der Waals surface area contributed by atoms with E-state index >= 15 is 0 Å². The number of carbonyl (C=O) groups excluding carboxylic acids is 1. The maximum atomic E-state index is 12.0. The zero-order chi connectivity index (χ0) is 19.2. The molecule has 7 heteroatoms. The Balaban J connectivity index is 1.62. The van der Waals surface area contributed by atoms with Crippen LogP contribution in [0.2, 0.25) is 0 Å². The summed E-state index contributed by atoms with van der Waals surface area (Å²) in [7, 11) is 1.46. The average Bonchev–Trinajstić information content (AvgIpc) is 2.68. The number of amides is 1. The first-order valence-corrected chi connectivity index (χ1v) is 8.98. The monoisotopic (exact) mass is 427 g/mol. The summed E-state index contributed by atoms with van der Waals surface area (Å²) >= 11 is 3.33. The molecule has 138 valence electrons. The van der Waals surface area contributed by atoms with Crippen LogP contribution in [-0.4, -0.2) is 30.9 Å². The second kappa shape index (κ2) is 8.55. The number of nitrogens with zero attached hydrogens (tertiary/aromatic N) is 1. The van der Waals surface area contributed by atoms with Gasteiger partial charge in [-0.3, -0.25) is 4.79 Å². The maximum Gasteiger partial charge on any atom is 0.259 e. The van der Waals surface area contributed by atoms with E-state index in [1.54, 1.807) is 12.1 Å². The highest BCUT2D eigenvalue weighted by atomic mass is 79.9. The summed E-state index contributed by atoms with van der Waals surface area (Å²) in [5.41, 5.74) is 3.73. The Hall–Kier alpha value is -3.06. The minimum absolute atomic E-state index is 0.0485. The Kier molecular flexibility index (Phi) is 5.93. The Bertz CT molecular complexity index is 1000. The summed E-state index contributed by atoms with van der Waals surface area (Å²) in [6.07, 6.45) is 1.36. The van der Waals surface area contributed by atoms with Gasteiger partial charge in [-0.05, 0) is 23.6 Å². The molecule has 0 aromatic heterocycles. The minimum Gasteiger partial charge on any atom is -0.504 e. The number of aromatic hydroxyl groups is 1. The van der Waals surface area contributed by atoms with Crippen molar-refractivity contribution in [3.8, 4) is 11.5 Å². The molecule has 0 heterocycles. The van der Waals surface area contributed by atoms with E-state index in [9.17, 15) is 9.90 Å². The smallest absolute Gasteiger partial charge is 0.259 e. The van der Waals surface area contributed by atoms with Gasteiger partial charge >= 0.3 is 0 Å². The van der Waals surface area contributed by atoms with E-state index in [1.807, 2.05) is 42.5 Å². The van der Waals surface area contributed by atoms with Crippen LogP contribution in [0, 0.1) is 0 Å². The van der Waals surface area contributed by atoms with E-state index in [2.05, 4.69) is 31.8 Å². The first kappa shape index (κ1) is 18.7. The Morgan fingerprint density at radius 3 is 2.81 bits per heavy atom. The number of hydrogen-bond acceptors (Lipinski definition) is 5. The van der Waals surface area contributed by atoms with Gasteiger partial charge in [0.05, 0.1) is 19.9 Å². The van der Waals surface area contributed by atoms with Gasteiger partial charge in [0, 0.05) is 21.1 Å². The van der Waals surface area contributed by atoms with E-state index in [0.717, 1.165) is 20.9 Å². The van der Waals surface area contributed by atoms with Gasteiger partial charge in [-0.2, -0.15) is 5.10 Å². The van der Waals surface area contributed by atoms with Gasteiger partial charge in [-0.1, -0.05) is 52.3 Å². The summed E-state index contributed by atoms with van der Waals surface area (Å²) < 4.78 is 5.80. The first-order chi connectivity index (χ1) is 13.1. The molecule has 1 amide bonds. The molecule has 3 N–H and O–H groups in total. The summed E-state index contributed by atoms with van der Waals surface area (Å²) in [6.45, 7) is 0.0686. The number of anilines is 1. The van der Waals surface area contributed by atoms with Crippen LogP contribution in [0.5, 0.6) is 11.5 Å². The highest BCUT2D eigenvalue weighted by Crippen LogP contribution is 2.32. The van der Waals surface area contributed by atoms with E-state index < -0.39 is 0 Å². The predicted octanol–water partition coefficient (Wildman–Crippen LogP) is 3.88. The number of halogens is 1. The fraction of sp³-hybridized carbons (Fsp3) is 0.100. The Labute approximate surface area is 165 Å². The van der Waals surface area contributed by atoms with Crippen LogP contribution in [0.4, 0.5) is 5.69 Å². The lowest BCUT2D eigenvalue weighted by molar-refractivity contribution is -0.119. The quantitative estimate of drug-likeness (QED) is 0.411. The lowest BCUT2D eigenvalue weighted by Gasteiger charge is -2.09. The van der Waals surface area contributed by atoms with Crippen molar-refractivity contribution in [1.29, 1.82) is 0 Å². The van der Waals surface area contributed by atoms with E-state index in [1.165, 1.54) is 13.3 Å². The Morgan fingerprint density at radius 1 is 1.22 bits per heavy atom.